The van der Waals surface area contributed by atoms with Crippen LogP contribution in [0.15, 0.2) is 53.9 Å². The van der Waals surface area contributed by atoms with Gasteiger partial charge in [0.15, 0.2) is 5.78 Å². The SMILES string of the molecule is Cc1ccc(S(=O)(=O)n2cc(C(=O)c3cncnc3Cl)cc2C)cc1. The van der Waals surface area contributed by atoms with Crippen molar-refractivity contribution in [2.24, 2.45) is 0 Å². The summed E-state index contributed by atoms with van der Waals surface area (Å²) >= 11 is 5.92. The Morgan fingerprint density at radius 3 is 2.48 bits per heavy atom. The van der Waals surface area contributed by atoms with E-state index in [2.05, 4.69) is 9.97 Å². The van der Waals surface area contributed by atoms with Crippen molar-refractivity contribution in [1.82, 2.24) is 13.9 Å². The lowest BCUT2D eigenvalue weighted by Crippen LogP contribution is -2.13. The first kappa shape index (κ1) is 17.3. The number of hydrogen-bond acceptors (Lipinski definition) is 5. The maximum atomic E-state index is 12.8. The molecule has 0 saturated heterocycles. The average molecular weight is 376 g/mol. The van der Waals surface area contributed by atoms with Crippen LogP contribution >= 0.6 is 11.6 Å². The van der Waals surface area contributed by atoms with Crippen molar-refractivity contribution in [3.63, 3.8) is 0 Å². The first-order valence-corrected chi connectivity index (χ1v) is 9.14. The Balaban J connectivity index is 2.05. The highest BCUT2D eigenvalue weighted by atomic mass is 35.5. The summed E-state index contributed by atoms with van der Waals surface area (Å²) in [6.45, 7) is 3.49. The summed E-state index contributed by atoms with van der Waals surface area (Å²) < 4.78 is 26.7. The van der Waals surface area contributed by atoms with E-state index in [1.54, 1.807) is 19.1 Å². The number of nitrogens with zero attached hydrogens (tertiary/aromatic N) is 3. The Hall–Kier alpha value is -2.51. The summed E-state index contributed by atoms with van der Waals surface area (Å²) in [4.78, 5) is 20.3. The number of carbonyl (C=O) groups excluding carboxylic acids is 1. The first-order chi connectivity index (χ1) is 11.8. The van der Waals surface area contributed by atoms with Crippen LogP contribution in [-0.4, -0.2) is 28.1 Å². The van der Waals surface area contributed by atoms with Gasteiger partial charge in [-0.25, -0.2) is 22.4 Å². The number of hydrogen-bond donors (Lipinski definition) is 0. The second-order valence-electron chi connectivity index (χ2n) is 5.54. The van der Waals surface area contributed by atoms with Crippen LogP contribution in [0, 0.1) is 13.8 Å². The summed E-state index contributed by atoms with van der Waals surface area (Å²) in [7, 11) is -3.79. The van der Waals surface area contributed by atoms with Crippen molar-refractivity contribution in [3.05, 3.63) is 76.6 Å². The molecule has 0 aliphatic rings. The summed E-state index contributed by atoms with van der Waals surface area (Å²) in [5, 5.41) is 0.0202. The van der Waals surface area contributed by atoms with Gasteiger partial charge in [-0.15, -0.1) is 0 Å². The highest BCUT2D eigenvalue weighted by Gasteiger charge is 2.22. The van der Waals surface area contributed by atoms with Crippen molar-refractivity contribution < 1.29 is 13.2 Å². The molecule has 3 aromatic rings. The van der Waals surface area contributed by atoms with E-state index in [1.165, 1.54) is 36.9 Å². The minimum absolute atomic E-state index is 0.0202. The van der Waals surface area contributed by atoms with Crippen LogP contribution in [0.1, 0.15) is 27.2 Å². The number of rotatable bonds is 4. The molecule has 6 nitrogen and oxygen atoms in total. The molecule has 8 heteroatoms. The van der Waals surface area contributed by atoms with Gasteiger partial charge in [-0.05, 0) is 32.0 Å². The third kappa shape index (κ3) is 3.20. The van der Waals surface area contributed by atoms with Crippen LogP contribution in [0.4, 0.5) is 0 Å². The summed E-state index contributed by atoms with van der Waals surface area (Å²) in [6, 6.07) is 8.01. The number of ketones is 1. The molecule has 0 saturated carbocycles. The van der Waals surface area contributed by atoms with Crippen molar-refractivity contribution in [2.75, 3.05) is 0 Å². The van der Waals surface area contributed by atoms with Gasteiger partial charge >= 0.3 is 0 Å². The molecule has 2 aromatic heterocycles. The lowest BCUT2D eigenvalue weighted by Gasteiger charge is -2.08. The molecule has 3 rings (SSSR count). The fraction of sp³-hybridized carbons (Fsp3) is 0.118. The van der Waals surface area contributed by atoms with E-state index in [9.17, 15) is 13.2 Å². The van der Waals surface area contributed by atoms with Gasteiger partial charge in [0, 0.05) is 23.7 Å². The second kappa shape index (κ2) is 6.42. The molecule has 0 bridgehead atoms. The van der Waals surface area contributed by atoms with Crippen molar-refractivity contribution >= 4 is 27.4 Å². The zero-order valence-corrected chi connectivity index (χ0v) is 15.0. The van der Waals surface area contributed by atoms with Gasteiger partial charge in [-0.1, -0.05) is 29.3 Å². The molecule has 0 fully saturated rings. The van der Waals surface area contributed by atoms with Gasteiger partial charge in [0.2, 0.25) is 0 Å². The van der Waals surface area contributed by atoms with Gasteiger partial charge in [0.25, 0.3) is 10.0 Å². The van der Waals surface area contributed by atoms with E-state index in [4.69, 9.17) is 11.6 Å². The lowest BCUT2D eigenvalue weighted by molar-refractivity contribution is 0.103. The zero-order chi connectivity index (χ0) is 18.2. The van der Waals surface area contributed by atoms with Crippen molar-refractivity contribution in [2.45, 2.75) is 18.7 Å². The van der Waals surface area contributed by atoms with Gasteiger partial charge in [-0.2, -0.15) is 0 Å². The van der Waals surface area contributed by atoms with Gasteiger partial charge in [-0.3, -0.25) is 4.79 Å². The fourth-order valence-corrected chi connectivity index (χ4v) is 3.95. The fourth-order valence-electron chi connectivity index (χ4n) is 2.38. The van der Waals surface area contributed by atoms with Gasteiger partial charge in [0.1, 0.15) is 11.5 Å². The van der Waals surface area contributed by atoms with Crippen molar-refractivity contribution in [3.8, 4) is 0 Å². The van der Waals surface area contributed by atoms with E-state index in [0.29, 0.717) is 5.69 Å². The standard InChI is InChI=1S/C17H14ClN3O3S/c1-11-3-5-14(6-4-11)25(23,24)21-9-13(7-12(21)2)16(22)15-8-19-10-20-17(15)18/h3-10H,1-2H3. The minimum atomic E-state index is -3.79. The van der Waals surface area contributed by atoms with Crippen molar-refractivity contribution in [1.29, 1.82) is 0 Å². The Kier molecular flexibility index (Phi) is 4.45. The number of halogens is 1. The molecule has 0 aliphatic carbocycles. The number of aryl methyl sites for hydroxylation is 2. The van der Waals surface area contributed by atoms with E-state index >= 15 is 0 Å². The molecular formula is C17H14ClN3O3S. The van der Waals surface area contributed by atoms with Crippen LogP contribution in [-0.2, 0) is 10.0 Å². The summed E-state index contributed by atoms with van der Waals surface area (Å²) in [5.74, 6) is -0.438. The van der Waals surface area contributed by atoms with Crippen LogP contribution < -0.4 is 0 Å². The lowest BCUT2D eigenvalue weighted by atomic mass is 10.1. The zero-order valence-electron chi connectivity index (χ0n) is 13.5. The third-order valence-electron chi connectivity index (χ3n) is 3.72. The monoisotopic (exact) mass is 375 g/mol. The maximum absolute atomic E-state index is 12.8. The Bertz CT molecular complexity index is 1060. The molecule has 0 atom stereocenters. The van der Waals surface area contributed by atoms with E-state index in [0.717, 1.165) is 9.54 Å². The van der Waals surface area contributed by atoms with E-state index in [-0.39, 0.29) is 21.2 Å². The summed E-state index contributed by atoms with van der Waals surface area (Å²) in [5.41, 5.74) is 1.69. The Morgan fingerprint density at radius 2 is 1.84 bits per heavy atom. The van der Waals surface area contributed by atoms with Crippen LogP contribution in [0.25, 0.3) is 0 Å². The largest absolute Gasteiger partial charge is 0.288 e. The quantitative estimate of drug-likeness (QED) is 0.517. The molecule has 0 amide bonds. The van der Waals surface area contributed by atoms with E-state index < -0.39 is 15.8 Å². The first-order valence-electron chi connectivity index (χ1n) is 7.32. The molecule has 0 N–H and O–H groups in total. The van der Waals surface area contributed by atoms with Gasteiger partial charge < -0.3 is 0 Å². The smallest absolute Gasteiger partial charge is 0.267 e. The normalized spacial score (nSPS) is 11.5. The molecule has 0 radical (unpaired) electrons. The minimum Gasteiger partial charge on any atom is -0.288 e. The highest BCUT2D eigenvalue weighted by Crippen LogP contribution is 2.22. The number of benzene rings is 1. The van der Waals surface area contributed by atoms with Gasteiger partial charge in [0.05, 0.1) is 10.5 Å². The maximum Gasteiger partial charge on any atom is 0.267 e. The molecule has 1 aromatic carbocycles. The highest BCUT2D eigenvalue weighted by molar-refractivity contribution is 7.90. The molecule has 2 heterocycles. The number of aromatic nitrogens is 3. The van der Waals surface area contributed by atoms with Crippen LogP contribution in [0.5, 0.6) is 0 Å². The molecule has 25 heavy (non-hydrogen) atoms. The van der Waals surface area contributed by atoms with E-state index in [1.807, 2.05) is 6.92 Å². The topological polar surface area (TPSA) is 81.9 Å². The molecule has 0 unspecified atom stereocenters. The number of carbonyl (C=O) groups is 1. The Morgan fingerprint density at radius 1 is 1.16 bits per heavy atom. The third-order valence-corrected chi connectivity index (χ3v) is 5.80. The Labute approximate surface area is 150 Å². The molecular weight excluding hydrogens is 362 g/mol. The van der Waals surface area contributed by atoms with Crippen LogP contribution in [0.3, 0.4) is 0 Å². The molecule has 0 aliphatic heterocycles. The predicted octanol–water partition coefficient (Wildman–Crippen LogP) is 3.02. The second-order valence-corrected chi connectivity index (χ2v) is 7.71. The average Bonchev–Trinajstić information content (AvgIpc) is 2.98. The molecule has 0 spiro atoms. The summed E-state index contributed by atoms with van der Waals surface area (Å²) in [6.07, 6.45) is 3.83. The van der Waals surface area contributed by atoms with Crippen LogP contribution in [0.2, 0.25) is 5.15 Å². The predicted molar refractivity (Wildman–Crippen MR) is 93.4 cm³/mol. The molecule has 128 valence electrons.